The topological polar surface area (TPSA) is 59.1 Å². The van der Waals surface area contributed by atoms with Crippen LogP contribution in [0.1, 0.15) is 12.0 Å². The monoisotopic (exact) mass is 382 g/mol. The first-order chi connectivity index (χ1) is 13.5. The van der Waals surface area contributed by atoms with Crippen LogP contribution in [0.25, 0.3) is 0 Å². The molecule has 0 aromatic heterocycles. The highest BCUT2D eigenvalue weighted by Crippen LogP contribution is 2.34. The van der Waals surface area contributed by atoms with E-state index in [-0.39, 0.29) is 24.2 Å². The number of nitrogens with zero attached hydrogens (tertiary/aromatic N) is 2. The van der Waals surface area contributed by atoms with Crippen LogP contribution in [0.15, 0.2) is 48.5 Å². The Morgan fingerprint density at radius 1 is 1.21 bits per heavy atom. The smallest absolute Gasteiger partial charge is 0.227 e. The van der Waals surface area contributed by atoms with Crippen LogP contribution >= 0.6 is 0 Å². The highest BCUT2D eigenvalue weighted by molar-refractivity contribution is 6.01. The Labute approximate surface area is 165 Å². The van der Waals surface area contributed by atoms with E-state index in [1.54, 1.807) is 24.0 Å². The van der Waals surface area contributed by atoms with Crippen LogP contribution < -0.4 is 14.4 Å². The number of para-hydroxylation sites is 1. The number of carbonyl (C=O) groups is 2. The van der Waals surface area contributed by atoms with Crippen LogP contribution in [0, 0.1) is 12.8 Å². The highest BCUT2D eigenvalue weighted by atomic mass is 16.5. The molecule has 1 heterocycles. The zero-order valence-electron chi connectivity index (χ0n) is 16.6. The third kappa shape index (κ3) is 4.44. The van der Waals surface area contributed by atoms with E-state index in [0.29, 0.717) is 25.4 Å². The molecule has 2 amide bonds. The molecular weight excluding hydrogens is 356 g/mol. The number of aryl methyl sites for hydroxylation is 1. The molecule has 28 heavy (non-hydrogen) atoms. The largest absolute Gasteiger partial charge is 0.495 e. The summed E-state index contributed by atoms with van der Waals surface area (Å²) in [5.74, 6) is 0.948. The lowest BCUT2D eigenvalue weighted by Crippen LogP contribution is -2.37. The molecule has 0 bridgehead atoms. The highest BCUT2D eigenvalue weighted by Gasteiger charge is 2.37. The van der Waals surface area contributed by atoms with Gasteiger partial charge in [-0.25, -0.2) is 0 Å². The number of methoxy groups -OCH3 is 1. The van der Waals surface area contributed by atoms with Crippen molar-refractivity contribution >= 4 is 17.5 Å². The van der Waals surface area contributed by atoms with Crippen molar-refractivity contribution in [2.45, 2.75) is 13.3 Å². The summed E-state index contributed by atoms with van der Waals surface area (Å²) in [5, 5.41) is 0. The molecule has 1 fully saturated rings. The Balaban J connectivity index is 1.59. The fraction of sp³-hybridized carbons (Fsp3) is 0.364. The van der Waals surface area contributed by atoms with Crippen LogP contribution in [0.2, 0.25) is 0 Å². The van der Waals surface area contributed by atoms with E-state index in [2.05, 4.69) is 0 Å². The molecule has 3 rings (SSSR count). The first-order valence-electron chi connectivity index (χ1n) is 9.37. The summed E-state index contributed by atoms with van der Waals surface area (Å²) < 4.78 is 11.1. The maximum atomic E-state index is 12.8. The number of hydrogen-bond acceptors (Lipinski definition) is 4. The van der Waals surface area contributed by atoms with Crippen LogP contribution in [-0.4, -0.2) is 50.6 Å². The van der Waals surface area contributed by atoms with E-state index in [9.17, 15) is 9.59 Å². The second-order valence-electron chi connectivity index (χ2n) is 7.00. The molecule has 2 aromatic rings. The van der Waals surface area contributed by atoms with E-state index < -0.39 is 0 Å². The number of anilines is 1. The van der Waals surface area contributed by atoms with E-state index >= 15 is 0 Å². The summed E-state index contributed by atoms with van der Waals surface area (Å²) >= 11 is 0. The Hall–Kier alpha value is -3.02. The van der Waals surface area contributed by atoms with Gasteiger partial charge in [0.25, 0.3) is 0 Å². The minimum Gasteiger partial charge on any atom is -0.495 e. The number of ether oxygens (including phenoxy) is 2. The fourth-order valence-electron chi connectivity index (χ4n) is 3.36. The van der Waals surface area contributed by atoms with Crippen molar-refractivity contribution in [2.75, 3.05) is 38.8 Å². The van der Waals surface area contributed by atoms with Gasteiger partial charge < -0.3 is 19.3 Å². The van der Waals surface area contributed by atoms with Gasteiger partial charge in [-0.05, 0) is 36.8 Å². The summed E-state index contributed by atoms with van der Waals surface area (Å²) in [7, 11) is 3.33. The Kier molecular flexibility index (Phi) is 6.19. The first-order valence-corrected chi connectivity index (χ1v) is 9.37. The maximum Gasteiger partial charge on any atom is 0.227 e. The summed E-state index contributed by atoms with van der Waals surface area (Å²) in [6.07, 6.45) is 0.208. The molecule has 0 spiro atoms. The number of hydrogen-bond donors (Lipinski definition) is 0. The third-order valence-electron chi connectivity index (χ3n) is 4.91. The van der Waals surface area contributed by atoms with Crippen molar-refractivity contribution < 1.29 is 19.1 Å². The lowest BCUT2D eigenvalue weighted by Gasteiger charge is -2.22. The van der Waals surface area contributed by atoms with Crippen LogP contribution in [0.4, 0.5) is 5.69 Å². The van der Waals surface area contributed by atoms with Crippen molar-refractivity contribution in [3.63, 3.8) is 0 Å². The molecule has 6 nitrogen and oxygen atoms in total. The fourth-order valence-corrected chi connectivity index (χ4v) is 3.36. The van der Waals surface area contributed by atoms with E-state index in [1.165, 1.54) is 0 Å². The average molecular weight is 382 g/mol. The van der Waals surface area contributed by atoms with Gasteiger partial charge in [-0.1, -0.05) is 24.3 Å². The van der Waals surface area contributed by atoms with Crippen molar-refractivity contribution in [1.29, 1.82) is 0 Å². The van der Waals surface area contributed by atoms with Crippen LogP contribution in [-0.2, 0) is 9.59 Å². The van der Waals surface area contributed by atoms with Gasteiger partial charge in [0.05, 0.1) is 25.3 Å². The minimum atomic E-state index is -0.362. The lowest BCUT2D eigenvalue weighted by molar-refractivity contribution is -0.134. The Morgan fingerprint density at radius 2 is 1.96 bits per heavy atom. The number of likely N-dealkylation sites (N-methyl/N-ethyl adjacent to an activating group) is 1. The Bertz CT molecular complexity index is 838. The van der Waals surface area contributed by atoms with Crippen molar-refractivity contribution in [2.24, 2.45) is 5.92 Å². The molecule has 0 aliphatic carbocycles. The zero-order valence-corrected chi connectivity index (χ0v) is 16.6. The predicted octanol–water partition coefficient (Wildman–Crippen LogP) is 2.89. The van der Waals surface area contributed by atoms with Crippen LogP contribution in [0.5, 0.6) is 11.5 Å². The average Bonchev–Trinajstić information content (AvgIpc) is 3.09. The van der Waals surface area contributed by atoms with Crippen LogP contribution in [0.3, 0.4) is 0 Å². The zero-order chi connectivity index (χ0) is 20.1. The molecule has 6 heteroatoms. The molecule has 1 aliphatic rings. The van der Waals surface area contributed by atoms with E-state index in [0.717, 1.165) is 17.0 Å². The summed E-state index contributed by atoms with van der Waals surface area (Å²) in [4.78, 5) is 28.6. The lowest BCUT2D eigenvalue weighted by atomic mass is 10.1. The molecule has 0 radical (unpaired) electrons. The quantitative estimate of drug-likeness (QED) is 0.739. The Morgan fingerprint density at radius 3 is 2.68 bits per heavy atom. The molecule has 0 N–H and O–H groups in total. The first kappa shape index (κ1) is 19.7. The molecule has 1 atom stereocenters. The molecular formula is C22H26N2O4. The molecule has 1 unspecified atom stereocenters. The van der Waals surface area contributed by atoms with Gasteiger partial charge in [0, 0.05) is 20.0 Å². The SMILES string of the molecule is COc1ccc(C)cc1N1CC(C(=O)N(C)CCOc2ccccc2)CC1=O. The van der Waals surface area contributed by atoms with E-state index in [4.69, 9.17) is 9.47 Å². The summed E-state index contributed by atoms with van der Waals surface area (Å²) in [6.45, 7) is 3.20. The summed E-state index contributed by atoms with van der Waals surface area (Å²) in [6, 6.07) is 15.2. The van der Waals surface area contributed by atoms with E-state index in [1.807, 2.05) is 55.5 Å². The van der Waals surface area contributed by atoms with Crippen molar-refractivity contribution in [3.8, 4) is 11.5 Å². The standard InChI is InChI=1S/C22H26N2O4/c1-16-9-10-20(27-3)19(13-16)24-15-17(14-21(24)25)22(26)23(2)11-12-28-18-7-5-4-6-8-18/h4-10,13,17H,11-12,14-15H2,1-3H3. The van der Waals surface area contributed by atoms with Crippen molar-refractivity contribution in [3.05, 3.63) is 54.1 Å². The second-order valence-corrected chi connectivity index (χ2v) is 7.00. The normalized spacial score (nSPS) is 16.2. The second kappa shape index (κ2) is 8.78. The predicted molar refractivity (Wildman–Crippen MR) is 108 cm³/mol. The van der Waals surface area contributed by atoms with Gasteiger partial charge in [-0.3, -0.25) is 9.59 Å². The van der Waals surface area contributed by atoms with Gasteiger partial charge >= 0.3 is 0 Å². The number of carbonyl (C=O) groups excluding carboxylic acids is 2. The molecule has 148 valence electrons. The van der Waals surface area contributed by atoms with Gasteiger partial charge in [-0.2, -0.15) is 0 Å². The third-order valence-corrected chi connectivity index (χ3v) is 4.91. The number of rotatable bonds is 7. The molecule has 1 saturated heterocycles. The maximum absolute atomic E-state index is 12.8. The summed E-state index contributed by atoms with van der Waals surface area (Å²) in [5.41, 5.74) is 1.76. The van der Waals surface area contributed by atoms with Gasteiger partial charge in [0.2, 0.25) is 11.8 Å². The molecule has 1 aliphatic heterocycles. The van der Waals surface area contributed by atoms with Gasteiger partial charge in [0.15, 0.2) is 0 Å². The molecule has 0 saturated carbocycles. The minimum absolute atomic E-state index is 0.0425. The molecule has 2 aromatic carbocycles. The van der Waals surface area contributed by atoms with Crippen molar-refractivity contribution in [1.82, 2.24) is 4.90 Å². The van der Waals surface area contributed by atoms with Gasteiger partial charge in [-0.15, -0.1) is 0 Å². The number of benzene rings is 2. The number of amides is 2. The van der Waals surface area contributed by atoms with Gasteiger partial charge in [0.1, 0.15) is 18.1 Å².